The van der Waals surface area contributed by atoms with E-state index in [-0.39, 0.29) is 20.1 Å². The zero-order chi connectivity index (χ0) is 56.5. The van der Waals surface area contributed by atoms with Crippen LogP contribution in [-0.2, 0) is 0 Å². The van der Waals surface area contributed by atoms with Crippen LogP contribution < -0.4 is 82.5 Å². The van der Waals surface area contributed by atoms with E-state index < -0.39 is 0 Å². The molecule has 84 heavy (non-hydrogen) atoms. The van der Waals surface area contributed by atoms with Gasteiger partial charge in [0.15, 0.2) is 0 Å². The minimum absolute atomic E-state index is 0.195. The summed E-state index contributed by atoms with van der Waals surface area (Å²) < 4.78 is 43.7. The number of anilines is 3. The minimum Gasteiger partial charge on any atom is -0.458 e. The number of hydrogen-bond acceptors (Lipinski definition) is 7. The van der Waals surface area contributed by atoms with Crippen molar-refractivity contribution in [1.29, 1.82) is 0 Å². The van der Waals surface area contributed by atoms with Crippen molar-refractivity contribution in [2.24, 2.45) is 0 Å². The molecule has 6 aliphatic heterocycles. The van der Waals surface area contributed by atoms with Gasteiger partial charge in [-0.3, -0.25) is 0 Å². The third-order valence-corrected chi connectivity index (χ3v) is 18.4. The average molecular weight is 1090 g/mol. The largest absolute Gasteiger partial charge is 0.458 e. The summed E-state index contributed by atoms with van der Waals surface area (Å²) in [6, 6.07) is 65.0. The highest BCUT2D eigenvalue weighted by Gasteiger charge is 2.49. The predicted molar refractivity (Wildman–Crippen MR) is 343 cm³/mol. The number of benzene rings is 11. The van der Waals surface area contributed by atoms with Crippen LogP contribution in [0.1, 0.15) is 44.5 Å². The highest BCUT2D eigenvalue weighted by atomic mass is 16.5. The fourth-order valence-corrected chi connectivity index (χ4v) is 15.2. The van der Waals surface area contributed by atoms with Crippen molar-refractivity contribution in [2.75, 3.05) is 4.90 Å². The van der Waals surface area contributed by atoms with E-state index in [0.717, 1.165) is 157 Å². The molecule has 11 aromatic rings. The van der Waals surface area contributed by atoms with Crippen molar-refractivity contribution < 1.29 is 28.4 Å². The van der Waals surface area contributed by atoms with Crippen LogP contribution in [0.2, 0.25) is 0 Å². The van der Waals surface area contributed by atoms with Gasteiger partial charge in [0, 0.05) is 51.0 Å². The summed E-state index contributed by atoms with van der Waals surface area (Å²) in [7, 11) is 0. The molecule has 0 radical (unpaired) electrons. The lowest BCUT2D eigenvalue weighted by atomic mass is 9.30. The third kappa shape index (κ3) is 7.03. The summed E-state index contributed by atoms with van der Waals surface area (Å²) >= 11 is 0. The van der Waals surface area contributed by atoms with Crippen LogP contribution in [0.4, 0.5) is 17.1 Å². The molecule has 0 fully saturated rings. The second-order valence-corrected chi connectivity index (χ2v) is 23.8. The Bertz CT molecular complexity index is 4410. The van der Waals surface area contributed by atoms with Crippen LogP contribution in [-0.4, -0.2) is 20.1 Å². The molecule has 7 nitrogen and oxygen atoms in total. The molecule has 11 aromatic carbocycles. The van der Waals surface area contributed by atoms with Gasteiger partial charge in [-0.2, -0.15) is 0 Å². The molecule has 6 aliphatic rings. The lowest BCUT2D eigenvalue weighted by molar-refractivity contribution is 0.442. The Labute approximate surface area is 490 Å². The zero-order valence-electron chi connectivity index (χ0n) is 47.9. The lowest BCUT2D eigenvalue weighted by Crippen LogP contribution is -2.63. The van der Waals surface area contributed by atoms with Crippen LogP contribution in [0.5, 0.6) is 69.0 Å². The zero-order valence-corrected chi connectivity index (χ0v) is 47.9. The second kappa shape index (κ2) is 17.9. The first kappa shape index (κ1) is 48.9. The van der Waals surface area contributed by atoms with E-state index in [1.807, 2.05) is 0 Å². The standard InChI is InChI=1S/C74H54B3NO6/c1-39-27-41(3)66(42(4)28-39)47-31-60-68-62(33-47)81-71-45(7)73-56(37-54(71)75(68)52-23-15-17-25-58(52)79-60)77-57-38-55-72(82-63-34-48(67-43(5)29-40(2)30-44(67)6)32-61-69(63)76(55)53-24-16-18-26-59(53)80-61)46(8)74(57)84-65-36-51(35-64(83-73)70(65)77)78(49-19-11-9-12-20-49)50-21-13-10-14-22-50/h9-38H,1-8H3. The third-order valence-electron chi connectivity index (χ3n) is 18.4. The van der Waals surface area contributed by atoms with Crippen molar-refractivity contribution in [1.82, 2.24) is 0 Å². The maximum atomic E-state index is 7.52. The van der Waals surface area contributed by atoms with Crippen LogP contribution in [0.3, 0.4) is 0 Å². The molecule has 0 spiro atoms. The van der Waals surface area contributed by atoms with E-state index in [2.05, 4.69) is 242 Å². The molecule has 0 bridgehead atoms. The minimum atomic E-state index is -0.330. The van der Waals surface area contributed by atoms with Crippen LogP contribution in [0, 0.1) is 55.4 Å². The lowest BCUT2D eigenvalue weighted by Gasteiger charge is -2.40. The van der Waals surface area contributed by atoms with Gasteiger partial charge in [0.05, 0.1) is 5.69 Å². The maximum Gasteiger partial charge on any atom is 0.260 e. The first-order chi connectivity index (χ1) is 40.9. The van der Waals surface area contributed by atoms with E-state index in [4.69, 9.17) is 28.4 Å². The SMILES string of the molecule is Cc1cc(C)c(-c2cc3c4c(c2)Oc2c(cc5c(c2C)Oc2cc(N(c6ccccc6)c6ccccc6)cc6c2B5c2cc5c(c(C)c2O6)Oc2cc(-c6c(C)cc(C)cc6C)cc6c2B5c2ccccc2O6)B4c2ccccc2O3)c(C)c1. The number of ether oxygens (including phenoxy) is 6. The molecule has 0 aliphatic carbocycles. The van der Waals surface area contributed by atoms with Crippen molar-refractivity contribution in [3.05, 3.63) is 226 Å². The van der Waals surface area contributed by atoms with Gasteiger partial charge in [0.2, 0.25) is 0 Å². The number of rotatable bonds is 5. The predicted octanol–water partition coefficient (Wildman–Crippen LogP) is 13.1. The van der Waals surface area contributed by atoms with Crippen molar-refractivity contribution >= 4 is 86.4 Å². The van der Waals surface area contributed by atoms with Gasteiger partial charge in [-0.15, -0.1) is 0 Å². The van der Waals surface area contributed by atoms with Crippen LogP contribution in [0.15, 0.2) is 182 Å². The summed E-state index contributed by atoms with van der Waals surface area (Å²) in [5, 5.41) is 0. The van der Waals surface area contributed by atoms with Gasteiger partial charge < -0.3 is 33.3 Å². The fraction of sp³-hybridized carbons (Fsp3) is 0.108. The van der Waals surface area contributed by atoms with Crippen molar-refractivity contribution in [3.8, 4) is 91.2 Å². The summed E-state index contributed by atoms with van der Waals surface area (Å²) in [5.41, 5.74) is 25.9. The van der Waals surface area contributed by atoms with Crippen LogP contribution in [0.25, 0.3) is 22.3 Å². The normalized spacial score (nSPS) is 13.5. The molecule has 6 heterocycles. The topological polar surface area (TPSA) is 58.6 Å². The summed E-state index contributed by atoms with van der Waals surface area (Å²) in [4.78, 5) is 2.27. The first-order valence-corrected chi connectivity index (χ1v) is 29.1. The van der Waals surface area contributed by atoms with E-state index in [0.29, 0.717) is 0 Å². The molecule has 0 amide bonds. The van der Waals surface area contributed by atoms with Crippen LogP contribution >= 0.6 is 0 Å². The summed E-state index contributed by atoms with van der Waals surface area (Å²) in [5.74, 6) is 9.40. The average Bonchev–Trinajstić information content (AvgIpc) is 0.924. The van der Waals surface area contributed by atoms with Gasteiger partial charge in [-0.05, 0) is 193 Å². The quantitative estimate of drug-likeness (QED) is 0.159. The Kier molecular flexibility index (Phi) is 10.4. The monoisotopic (exact) mass is 1090 g/mol. The molecule has 17 rings (SSSR count). The summed E-state index contributed by atoms with van der Waals surface area (Å²) in [6.45, 7) is 16.7. The number of hydrogen-bond donors (Lipinski definition) is 0. The van der Waals surface area contributed by atoms with Gasteiger partial charge in [0.1, 0.15) is 69.0 Å². The molecule has 10 heteroatoms. The number of nitrogens with zero attached hydrogens (tertiary/aromatic N) is 1. The molecule has 400 valence electrons. The second-order valence-electron chi connectivity index (χ2n) is 23.8. The molecule has 0 saturated carbocycles. The number of para-hydroxylation sites is 4. The van der Waals surface area contributed by atoms with Gasteiger partial charge in [-0.25, -0.2) is 0 Å². The van der Waals surface area contributed by atoms with Gasteiger partial charge in [0.25, 0.3) is 20.1 Å². The highest BCUT2D eigenvalue weighted by Crippen LogP contribution is 2.49. The molecular weight excluding hydrogens is 1030 g/mol. The molecule has 0 atom stereocenters. The Balaban J connectivity index is 0.906. The van der Waals surface area contributed by atoms with E-state index >= 15 is 0 Å². The van der Waals surface area contributed by atoms with E-state index in [1.165, 1.54) is 44.5 Å². The summed E-state index contributed by atoms with van der Waals surface area (Å²) in [6.07, 6.45) is 0. The maximum absolute atomic E-state index is 7.52. The van der Waals surface area contributed by atoms with Gasteiger partial charge in [-0.1, -0.05) is 120 Å². The van der Waals surface area contributed by atoms with Gasteiger partial charge >= 0.3 is 0 Å². The highest BCUT2D eigenvalue weighted by molar-refractivity contribution is 7.02. The Hall–Kier alpha value is -9.79. The molecule has 0 N–H and O–H groups in total. The molecule has 0 aromatic heterocycles. The first-order valence-electron chi connectivity index (χ1n) is 29.1. The Morgan fingerprint density at radius 3 is 0.952 bits per heavy atom. The van der Waals surface area contributed by atoms with Crippen molar-refractivity contribution in [2.45, 2.75) is 55.4 Å². The Morgan fingerprint density at radius 2 is 0.583 bits per heavy atom. The number of aryl methyl sites for hydroxylation is 6. The fourth-order valence-electron chi connectivity index (χ4n) is 15.2. The smallest absolute Gasteiger partial charge is 0.260 e. The number of fused-ring (bicyclic) bond motifs is 12. The van der Waals surface area contributed by atoms with E-state index in [9.17, 15) is 0 Å². The Morgan fingerprint density at radius 1 is 0.274 bits per heavy atom. The molecule has 0 saturated heterocycles. The van der Waals surface area contributed by atoms with E-state index in [1.54, 1.807) is 0 Å². The van der Waals surface area contributed by atoms with Crippen molar-refractivity contribution in [3.63, 3.8) is 0 Å². The molecular formula is C74H54B3NO6. The molecule has 0 unspecified atom stereocenters.